The lowest BCUT2D eigenvalue weighted by molar-refractivity contribution is -0.157. The van der Waals surface area contributed by atoms with Gasteiger partial charge in [0, 0.05) is 33.6 Å². The molecule has 0 aromatic heterocycles. The summed E-state index contributed by atoms with van der Waals surface area (Å²) in [5.74, 6) is -0.486. The van der Waals surface area contributed by atoms with Crippen LogP contribution in [0, 0.1) is 5.82 Å². The van der Waals surface area contributed by atoms with Crippen LogP contribution in [0.2, 0.25) is 0 Å². The maximum atomic E-state index is 14.2. The summed E-state index contributed by atoms with van der Waals surface area (Å²) in [5.41, 5.74) is 2.47. The quantitative estimate of drug-likeness (QED) is 0.303. The van der Waals surface area contributed by atoms with Crippen molar-refractivity contribution in [3.05, 3.63) is 114 Å². The minimum atomic E-state index is -0.831. The van der Waals surface area contributed by atoms with Gasteiger partial charge in [0.2, 0.25) is 11.8 Å². The summed E-state index contributed by atoms with van der Waals surface area (Å²) in [6, 6.07) is 25.3. The Morgan fingerprint density at radius 1 is 0.936 bits per heavy atom. The van der Waals surface area contributed by atoms with Gasteiger partial charge in [0.15, 0.2) is 0 Å². The molecular weight excluding hydrogens is 603 g/mol. The summed E-state index contributed by atoms with van der Waals surface area (Å²) in [6.07, 6.45) is -0.972. The summed E-state index contributed by atoms with van der Waals surface area (Å²) < 4.78 is 18.5. The molecule has 0 spiro atoms. The number of nitrogens with zero attached hydrogens (tertiary/aromatic N) is 4. The van der Waals surface area contributed by atoms with Crippen LogP contribution >= 0.6 is 0 Å². The Bertz CT molecular complexity index is 1800. The molecule has 5 amide bonds. The van der Waals surface area contributed by atoms with E-state index in [9.17, 15) is 23.6 Å². The Morgan fingerprint density at radius 2 is 1.64 bits per heavy atom. The first-order valence-electron chi connectivity index (χ1n) is 15.3. The van der Waals surface area contributed by atoms with Gasteiger partial charge in [-0.2, -0.15) is 5.01 Å². The van der Waals surface area contributed by atoms with Crippen molar-refractivity contribution < 1.29 is 28.3 Å². The van der Waals surface area contributed by atoms with Crippen molar-refractivity contribution in [1.82, 2.24) is 30.5 Å². The molecule has 2 saturated heterocycles. The van der Waals surface area contributed by atoms with Gasteiger partial charge in [-0.15, -0.1) is 0 Å². The average molecular weight is 639 g/mol. The van der Waals surface area contributed by atoms with Crippen LogP contribution < -0.4 is 15.4 Å². The fraction of sp³-hybridized carbons (Fsp3) is 0.257. The summed E-state index contributed by atoms with van der Waals surface area (Å²) in [6.45, 7) is 0.602. The second-order valence-electron chi connectivity index (χ2n) is 11.5. The first kappa shape index (κ1) is 31.5. The normalized spacial score (nSPS) is 17.9. The molecule has 12 heteroatoms. The topological polar surface area (TPSA) is 115 Å². The van der Waals surface area contributed by atoms with E-state index in [1.54, 1.807) is 58.3 Å². The average Bonchev–Trinajstić information content (AvgIpc) is 3.41. The van der Waals surface area contributed by atoms with Crippen molar-refractivity contribution in [2.45, 2.75) is 31.7 Å². The van der Waals surface area contributed by atoms with Crippen LogP contribution in [0.4, 0.5) is 14.0 Å². The minimum Gasteiger partial charge on any atom is -0.410 e. The zero-order valence-corrected chi connectivity index (χ0v) is 26.1. The lowest BCUT2D eigenvalue weighted by Crippen LogP contribution is -2.65. The van der Waals surface area contributed by atoms with Gasteiger partial charge in [-0.05, 0) is 51.7 Å². The van der Waals surface area contributed by atoms with Crippen LogP contribution in [0.25, 0.3) is 10.8 Å². The van der Waals surface area contributed by atoms with Crippen LogP contribution in [0.15, 0.2) is 91.0 Å². The Hall–Kier alpha value is -5.49. The molecule has 4 aromatic rings. The molecule has 0 aliphatic carbocycles. The molecule has 6 rings (SSSR count). The number of amides is 5. The van der Waals surface area contributed by atoms with E-state index in [2.05, 4.69) is 10.6 Å². The Kier molecular flexibility index (Phi) is 9.03. The predicted molar refractivity (Wildman–Crippen MR) is 172 cm³/mol. The van der Waals surface area contributed by atoms with Crippen LogP contribution in [0.5, 0.6) is 5.75 Å². The van der Waals surface area contributed by atoms with Gasteiger partial charge >= 0.3 is 12.1 Å². The van der Waals surface area contributed by atoms with E-state index in [1.165, 1.54) is 24.2 Å². The van der Waals surface area contributed by atoms with E-state index in [1.807, 2.05) is 42.5 Å². The number of piperazine rings is 1. The number of hydrogen-bond donors (Lipinski definition) is 2. The van der Waals surface area contributed by atoms with Crippen LogP contribution in [-0.4, -0.2) is 83.1 Å². The molecule has 2 aliphatic heterocycles. The standard InChI is InChI=1S/C35H35FN6O5/c1-37-35(46)47-28-16-12-23(13-17-28)18-30-33(44)40(20-26-8-5-7-25-6-3-4-9-29(25)26)21-31-41(22-32(43)42(30)31)39(2)34(45)38-19-24-10-14-27(36)15-11-24/h3-17,30-31H,18-22H2,1-2H3,(H,37,46)(H,38,45)/t30-,31+/m0/s1. The monoisotopic (exact) mass is 638 g/mol. The molecule has 2 aliphatic rings. The number of halogens is 1. The third kappa shape index (κ3) is 6.73. The highest BCUT2D eigenvalue weighted by molar-refractivity contribution is 5.92. The second-order valence-corrected chi connectivity index (χ2v) is 11.5. The Balaban J connectivity index is 1.26. The number of fused-ring (bicyclic) bond motifs is 2. The fourth-order valence-corrected chi connectivity index (χ4v) is 6.17. The first-order valence-corrected chi connectivity index (χ1v) is 15.3. The highest BCUT2D eigenvalue weighted by Gasteiger charge is 2.51. The van der Waals surface area contributed by atoms with E-state index >= 15 is 0 Å². The predicted octanol–water partition coefficient (Wildman–Crippen LogP) is 3.88. The summed E-state index contributed by atoms with van der Waals surface area (Å²) in [4.78, 5) is 56.1. The number of rotatable bonds is 8. The molecule has 0 unspecified atom stereocenters. The highest BCUT2D eigenvalue weighted by atomic mass is 19.1. The zero-order valence-electron chi connectivity index (χ0n) is 26.1. The molecule has 0 radical (unpaired) electrons. The Morgan fingerprint density at radius 3 is 2.38 bits per heavy atom. The number of carbonyl (C=O) groups excluding carboxylic acids is 4. The maximum absolute atomic E-state index is 14.2. The zero-order chi connectivity index (χ0) is 33.1. The third-order valence-electron chi connectivity index (χ3n) is 8.61. The van der Waals surface area contributed by atoms with Gasteiger partial charge in [-0.1, -0.05) is 66.7 Å². The van der Waals surface area contributed by atoms with Crippen molar-refractivity contribution in [1.29, 1.82) is 0 Å². The number of carbonyl (C=O) groups is 4. The number of nitrogens with one attached hydrogen (secondary N) is 2. The number of urea groups is 1. The SMILES string of the molecule is CNC(=O)Oc1ccc(C[C@H]2C(=O)N(Cc3cccc4ccccc34)C[C@H]3N2C(=O)CN3N(C)C(=O)NCc2ccc(F)cc2)cc1. The molecule has 0 bridgehead atoms. The van der Waals surface area contributed by atoms with Crippen molar-refractivity contribution in [3.8, 4) is 5.75 Å². The largest absolute Gasteiger partial charge is 0.412 e. The molecule has 47 heavy (non-hydrogen) atoms. The van der Waals surface area contributed by atoms with Gasteiger partial charge in [0.1, 0.15) is 23.8 Å². The summed E-state index contributed by atoms with van der Waals surface area (Å²) in [5, 5.41) is 10.4. The van der Waals surface area contributed by atoms with Gasteiger partial charge in [0.05, 0.1) is 13.1 Å². The minimum absolute atomic E-state index is 0.0874. The van der Waals surface area contributed by atoms with E-state index in [4.69, 9.17) is 4.74 Å². The fourth-order valence-electron chi connectivity index (χ4n) is 6.17. The number of benzene rings is 4. The lowest BCUT2D eigenvalue weighted by Gasteiger charge is -2.46. The molecule has 2 fully saturated rings. The molecule has 2 N–H and O–H groups in total. The van der Waals surface area contributed by atoms with Crippen LogP contribution in [0.1, 0.15) is 16.7 Å². The van der Waals surface area contributed by atoms with Gasteiger partial charge < -0.3 is 25.2 Å². The van der Waals surface area contributed by atoms with E-state index in [0.29, 0.717) is 12.3 Å². The van der Waals surface area contributed by atoms with E-state index < -0.39 is 24.3 Å². The molecule has 0 saturated carbocycles. The first-order chi connectivity index (χ1) is 22.7. The van der Waals surface area contributed by atoms with Gasteiger partial charge in [-0.25, -0.2) is 14.0 Å². The van der Waals surface area contributed by atoms with E-state index in [-0.39, 0.29) is 43.7 Å². The van der Waals surface area contributed by atoms with Gasteiger partial charge in [-0.3, -0.25) is 14.6 Å². The molecule has 11 nitrogen and oxygen atoms in total. The Labute approximate surface area is 271 Å². The molecule has 242 valence electrons. The molecular formula is C35H35FN6O5. The lowest BCUT2D eigenvalue weighted by atomic mass is 9.99. The maximum Gasteiger partial charge on any atom is 0.412 e. The molecule has 2 heterocycles. The summed E-state index contributed by atoms with van der Waals surface area (Å²) >= 11 is 0. The number of hydrogen-bond acceptors (Lipinski definition) is 6. The molecule has 4 aromatic carbocycles. The second kappa shape index (κ2) is 13.5. The molecule has 2 atom stereocenters. The number of ether oxygens (including phenoxy) is 1. The van der Waals surface area contributed by atoms with Gasteiger partial charge in [0.25, 0.3) is 0 Å². The van der Waals surface area contributed by atoms with Crippen molar-refractivity contribution >= 4 is 34.7 Å². The third-order valence-corrected chi connectivity index (χ3v) is 8.61. The van der Waals surface area contributed by atoms with Crippen LogP contribution in [0.3, 0.4) is 0 Å². The van der Waals surface area contributed by atoms with E-state index in [0.717, 1.165) is 27.5 Å². The van der Waals surface area contributed by atoms with Crippen LogP contribution in [-0.2, 0) is 29.1 Å². The van der Waals surface area contributed by atoms with Crippen molar-refractivity contribution in [2.75, 3.05) is 27.2 Å². The van der Waals surface area contributed by atoms with Crippen molar-refractivity contribution in [3.63, 3.8) is 0 Å². The number of hydrazine groups is 1. The summed E-state index contributed by atoms with van der Waals surface area (Å²) in [7, 11) is 3.05. The highest BCUT2D eigenvalue weighted by Crippen LogP contribution is 2.31. The smallest absolute Gasteiger partial charge is 0.410 e. The van der Waals surface area contributed by atoms with Crippen molar-refractivity contribution in [2.24, 2.45) is 0 Å².